The molecule has 9 rings (SSSR count). The molecule has 4 aromatic rings. The zero-order valence-corrected chi connectivity index (χ0v) is 30.2. The number of allylic oxidation sites excluding steroid dienone is 2. The van der Waals surface area contributed by atoms with E-state index in [0.717, 1.165) is 25.2 Å². The number of carbonyl (C=O) groups is 4. The first kappa shape index (κ1) is 34.6. The molecular formula is C44H39ClFN3O5. The Bertz CT molecular complexity index is 2210. The molecule has 4 amide bonds. The van der Waals surface area contributed by atoms with Gasteiger partial charge in [0.1, 0.15) is 0 Å². The number of imide groups is 2. The number of amides is 4. The van der Waals surface area contributed by atoms with Crippen molar-refractivity contribution in [2.75, 3.05) is 18.0 Å². The van der Waals surface area contributed by atoms with Crippen molar-refractivity contribution < 1.29 is 28.7 Å². The first-order valence-electron chi connectivity index (χ1n) is 18.7. The normalized spacial score (nSPS) is 28.6. The van der Waals surface area contributed by atoms with Crippen molar-refractivity contribution >= 4 is 40.9 Å². The second kappa shape index (κ2) is 13.3. The lowest BCUT2D eigenvalue weighted by Gasteiger charge is -2.50. The lowest BCUT2D eigenvalue weighted by molar-refractivity contribution is -0.144. The predicted molar refractivity (Wildman–Crippen MR) is 201 cm³/mol. The van der Waals surface area contributed by atoms with Crippen molar-refractivity contribution in [3.63, 3.8) is 0 Å². The molecule has 8 nitrogen and oxygen atoms in total. The van der Waals surface area contributed by atoms with Crippen molar-refractivity contribution in [1.82, 2.24) is 9.80 Å². The monoisotopic (exact) mass is 743 g/mol. The molecular weight excluding hydrogens is 705 g/mol. The Hall–Kier alpha value is -5.12. The van der Waals surface area contributed by atoms with E-state index in [0.29, 0.717) is 34.7 Å². The van der Waals surface area contributed by atoms with Crippen LogP contribution in [0.1, 0.15) is 48.3 Å². The average Bonchev–Trinajstić information content (AvgIpc) is 3.57. The number of benzene rings is 4. The summed E-state index contributed by atoms with van der Waals surface area (Å²) < 4.78 is 15.4. The van der Waals surface area contributed by atoms with Crippen molar-refractivity contribution in [2.45, 2.75) is 49.6 Å². The van der Waals surface area contributed by atoms with Crippen LogP contribution < -0.4 is 4.90 Å². The van der Waals surface area contributed by atoms with Crippen LogP contribution >= 0.6 is 11.6 Å². The van der Waals surface area contributed by atoms with E-state index in [9.17, 15) is 19.5 Å². The van der Waals surface area contributed by atoms with E-state index in [2.05, 4.69) is 17.0 Å². The van der Waals surface area contributed by atoms with Crippen LogP contribution in [-0.2, 0) is 31.1 Å². The van der Waals surface area contributed by atoms with Crippen LogP contribution in [0.5, 0.6) is 5.75 Å². The fraction of sp³-hybridized carbons (Fsp3) is 0.318. The molecule has 2 aliphatic carbocycles. The lowest BCUT2D eigenvalue weighted by Crippen LogP contribution is -2.53. The highest BCUT2D eigenvalue weighted by atomic mass is 35.5. The minimum atomic E-state index is -1.52. The van der Waals surface area contributed by atoms with Gasteiger partial charge in [0.2, 0.25) is 23.6 Å². The van der Waals surface area contributed by atoms with Gasteiger partial charge >= 0.3 is 0 Å². The van der Waals surface area contributed by atoms with Gasteiger partial charge in [-0.25, -0.2) is 9.29 Å². The molecule has 3 aliphatic heterocycles. The number of likely N-dealkylation sites (tertiary alicyclic amines) is 2. The van der Waals surface area contributed by atoms with Gasteiger partial charge in [-0.05, 0) is 78.6 Å². The molecule has 0 bridgehead atoms. The maximum absolute atomic E-state index is 15.4. The first-order chi connectivity index (χ1) is 26.2. The molecule has 5 aliphatic rings. The summed E-state index contributed by atoms with van der Waals surface area (Å²) in [7, 11) is 0. The standard InChI is InChI=1S/C44H39ClFN3O5/c45-29-12-7-13-31(23-29)49-41(52)35-24-34-32(39(27-14-17-37(50)36(46)22-27)44(35,43(49)54)28-10-5-2-6-11-28)15-16-33-38(34)42(53)48(40(33)51)30-18-20-47(21-19-30)25-26-8-3-1-4-9-26/h1-15,17,22-23,30,33-35,38-39,50H,16,18-21,24-25H2/t33-,34+,35-,38-,39-,44+/m0/s1. The van der Waals surface area contributed by atoms with Crippen LogP contribution in [0.15, 0.2) is 115 Å². The minimum absolute atomic E-state index is 0.156. The van der Waals surface area contributed by atoms with Gasteiger partial charge in [-0.15, -0.1) is 0 Å². The fourth-order valence-electron chi connectivity index (χ4n) is 10.4. The van der Waals surface area contributed by atoms with E-state index in [4.69, 9.17) is 11.6 Å². The van der Waals surface area contributed by atoms with E-state index < -0.39 is 58.4 Å². The Morgan fingerprint density at radius 1 is 0.796 bits per heavy atom. The van der Waals surface area contributed by atoms with Gasteiger partial charge in [0.15, 0.2) is 11.6 Å². The smallest absolute Gasteiger partial charge is 0.246 e. The predicted octanol–water partition coefficient (Wildman–Crippen LogP) is 7.01. The number of nitrogens with zero attached hydrogens (tertiary/aromatic N) is 3. The number of rotatable bonds is 6. The van der Waals surface area contributed by atoms with E-state index in [1.165, 1.54) is 27.5 Å². The summed E-state index contributed by atoms with van der Waals surface area (Å²) in [6.45, 7) is 2.31. The number of aromatic hydroxyl groups is 1. The quantitative estimate of drug-likeness (QED) is 0.169. The first-order valence-corrected chi connectivity index (χ1v) is 19.1. The third-order valence-electron chi connectivity index (χ3n) is 12.7. The largest absolute Gasteiger partial charge is 0.505 e. The highest BCUT2D eigenvalue weighted by Crippen LogP contribution is 2.64. The minimum Gasteiger partial charge on any atom is -0.505 e. The topological polar surface area (TPSA) is 98.2 Å². The summed E-state index contributed by atoms with van der Waals surface area (Å²) >= 11 is 6.39. The second-order valence-corrected chi connectivity index (χ2v) is 15.8. The Labute approximate surface area is 317 Å². The Morgan fingerprint density at radius 3 is 2.22 bits per heavy atom. The maximum Gasteiger partial charge on any atom is 0.246 e. The van der Waals surface area contributed by atoms with Crippen LogP contribution in [0.2, 0.25) is 5.02 Å². The van der Waals surface area contributed by atoms with Crippen LogP contribution in [0.4, 0.5) is 10.1 Å². The molecule has 0 radical (unpaired) electrons. The average molecular weight is 744 g/mol. The summed E-state index contributed by atoms with van der Waals surface area (Å²) in [6.07, 6.45) is 3.76. The number of phenolic OH excluding ortho intramolecular Hbond substituents is 1. The lowest BCUT2D eigenvalue weighted by atomic mass is 9.49. The maximum atomic E-state index is 15.4. The number of hydrogen-bond donors (Lipinski definition) is 1. The SMILES string of the molecule is O=C1[C@@H]2C[C@@H]3C(=CC[C@@H]4C(=O)N(C5CCN(Cc6ccccc6)CC5)C(=O)[C@@H]43)[C@H](c3ccc(O)c(F)c3)[C@]2(c2ccccc2)C(=O)N1c1cccc(Cl)c1. The Balaban J connectivity index is 1.12. The number of piperidine rings is 1. The van der Waals surface area contributed by atoms with Gasteiger partial charge in [-0.1, -0.05) is 96.0 Å². The van der Waals surface area contributed by atoms with Gasteiger partial charge < -0.3 is 5.11 Å². The summed E-state index contributed by atoms with van der Waals surface area (Å²) in [6, 6.07) is 29.8. The van der Waals surface area contributed by atoms with Crippen molar-refractivity contribution in [3.05, 3.63) is 142 Å². The van der Waals surface area contributed by atoms with Gasteiger partial charge in [-0.3, -0.25) is 29.0 Å². The van der Waals surface area contributed by atoms with E-state index in [1.807, 2.05) is 54.6 Å². The number of hydrogen-bond acceptors (Lipinski definition) is 6. The highest BCUT2D eigenvalue weighted by Gasteiger charge is 2.70. The van der Waals surface area contributed by atoms with Gasteiger partial charge in [0.25, 0.3) is 0 Å². The van der Waals surface area contributed by atoms with Crippen molar-refractivity contribution in [3.8, 4) is 5.75 Å². The van der Waals surface area contributed by atoms with Crippen molar-refractivity contribution in [2.24, 2.45) is 23.7 Å². The number of carbonyl (C=O) groups excluding carboxylic acids is 4. The van der Waals surface area contributed by atoms with Crippen LogP contribution in [0.3, 0.4) is 0 Å². The van der Waals surface area contributed by atoms with Gasteiger partial charge in [-0.2, -0.15) is 0 Å². The summed E-state index contributed by atoms with van der Waals surface area (Å²) in [5.74, 6) is -6.40. The highest BCUT2D eigenvalue weighted by molar-refractivity contribution is 6.32. The summed E-state index contributed by atoms with van der Waals surface area (Å²) in [5.41, 5.74) is 1.77. The fourth-order valence-corrected chi connectivity index (χ4v) is 10.6. The number of halogens is 2. The molecule has 1 saturated carbocycles. The van der Waals surface area contributed by atoms with Gasteiger partial charge in [0, 0.05) is 36.6 Å². The molecule has 3 saturated heterocycles. The van der Waals surface area contributed by atoms with Crippen LogP contribution in [0.25, 0.3) is 0 Å². The number of phenols is 1. The van der Waals surface area contributed by atoms with Crippen molar-refractivity contribution in [1.29, 1.82) is 0 Å². The van der Waals surface area contributed by atoms with Crippen LogP contribution in [0, 0.1) is 29.5 Å². The molecule has 3 heterocycles. The van der Waals surface area contributed by atoms with E-state index in [-0.39, 0.29) is 30.7 Å². The Kier molecular flexibility index (Phi) is 8.54. The second-order valence-electron chi connectivity index (χ2n) is 15.3. The molecule has 4 aromatic carbocycles. The number of fused-ring (bicyclic) bond motifs is 4. The molecule has 54 heavy (non-hydrogen) atoms. The molecule has 274 valence electrons. The molecule has 10 heteroatoms. The molecule has 1 N–H and O–H groups in total. The third kappa shape index (κ3) is 5.27. The Morgan fingerprint density at radius 2 is 1.52 bits per heavy atom. The zero-order chi connectivity index (χ0) is 37.3. The van der Waals surface area contributed by atoms with E-state index >= 15 is 9.18 Å². The van der Waals surface area contributed by atoms with Crippen LogP contribution in [-0.4, -0.2) is 57.7 Å². The number of anilines is 1. The molecule has 0 spiro atoms. The molecule has 6 atom stereocenters. The van der Waals surface area contributed by atoms with Gasteiger partial charge in [0.05, 0.1) is 28.9 Å². The molecule has 4 fully saturated rings. The zero-order valence-electron chi connectivity index (χ0n) is 29.5. The molecule has 0 aromatic heterocycles. The molecule has 0 unspecified atom stereocenters. The summed E-state index contributed by atoms with van der Waals surface area (Å²) in [4.78, 5) is 64.2. The summed E-state index contributed by atoms with van der Waals surface area (Å²) in [5, 5.41) is 10.6. The third-order valence-corrected chi connectivity index (χ3v) is 12.9. The van der Waals surface area contributed by atoms with E-state index in [1.54, 1.807) is 30.3 Å².